The molecule has 0 heterocycles. The van der Waals surface area contributed by atoms with Crippen molar-refractivity contribution >= 4 is 23.5 Å². The fraction of sp³-hybridized carbons (Fsp3) is 0.429. The maximum atomic E-state index is 12.0. The highest BCUT2D eigenvalue weighted by atomic mass is 35.5. The molecule has 0 spiro atoms. The smallest absolute Gasteiger partial charge is 0.326 e. The van der Waals surface area contributed by atoms with Gasteiger partial charge in [-0.25, -0.2) is 4.79 Å². The molecule has 1 aromatic rings. The number of nitrogens with one attached hydrogen (secondary N) is 1. The van der Waals surface area contributed by atoms with Gasteiger partial charge in [0.15, 0.2) is 0 Å². The van der Waals surface area contributed by atoms with Gasteiger partial charge in [-0.1, -0.05) is 31.5 Å². The number of benzene rings is 1. The lowest BCUT2D eigenvalue weighted by Gasteiger charge is -2.18. The summed E-state index contributed by atoms with van der Waals surface area (Å²) in [6.07, 6.45) is -0.0284. The molecule has 1 aromatic carbocycles. The summed E-state index contributed by atoms with van der Waals surface area (Å²) in [5.74, 6) is -1.16. The number of hydrogen-bond acceptors (Lipinski definition) is 3. The maximum Gasteiger partial charge on any atom is 0.326 e. The first-order chi connectivity index (χ1) is 9.36. The zero-order valence-electron chi connectivity index (χ0n) is 11.6. The summed E-state index contributed by atoms with van der Waals surface area (Å²) in [5.41, 5.74) is 0.544. The van der Waals surface area contributed by atoms with E-state index in [0.29, 0.717) is 16.3 Å². The molecule has 0 aromatic heterocycles. The minimum Gasteiger partial charge on any atom is -0.496 e. The van der Waals surface area contributed by atoms with Crippen LogP contribution in [-0.2, 0) is 16.0 Å². The number of methoxy groups -OCH3 is 1. The minimum atomic E-state index is -1.06. The topological polar surface area (TPSA) is 75.6 Å². The lowest BCUT2D eigenvalue weighted by molar-refractivity contribution is -0.143. The van der Waals surface area contributed by atoms with Crippen LogP contribution in [0.1, 0.15) is 19.4 Å². The van der Waals surface area contributed by atoms with Crippen molar-refractivity contribution in [1.29, 1.82) is 0 Å². The SMILES string of the molecule is COc1cccc(Cl)c1CC(=O)NC(C(=O)O)C(C)C. The Bertz CT molecular complexity index is 502. The predicted octanol–water partition coefficient (Wildman–Crippen LogP) is 2.12. The fourth-order valence-corrected chi connectivity index (χ4v) is 2.03. The van der Waals surface area contributed by atoms with E-state index in [-0.39, 0.29) is 12.3 Å². The quantitative estimate of drug-likeness (QED) is 0.843. The molecule has 1 rings (SSSR count). The van der Waals surface area contributed by atoms with Crippen LogP contribution >= 0.6 is 11.6 Å². The lowest BCUT2D eigenvalue weighted by atomic mass is 10.0. The Balaban J connectivity index is 2.84. The first-order valence-electron chi connectivity index (χ1n) is 6.20. The van der Waals surface area contributed by atoms with Gasteiger partial charge in [0.05, 0.1) is 13.5 Å². The highest BCUT2D eigenvalue weighted by molar-refractivity contribution is 6.31. The Kier molecular flexibility index (Phi) is 5.82. The molecule has 0 fully saturated rings. The van der Waals surface area contributed by atoms with E-state index < -0.39 is 17.9 Å². The maximum absolute atomic E-state index is 12.0. The van der Waals surface area contributed by atoms with Gasteiger partial charge in [0.2, 0.25) is 5.91 Å². The highest BCUT2D eigenvalue weighted by Crippen LogP contribution is 2.26. The summed E-state index contributed by atoms with van der Waals surface area (Å²) in [7, 11) is 1.49. The second-order valence-corrected chi connectivity index (χ2v) is 5.13. The standard InChI is InChI=1S/C14H18ClNO4/c1-8(2)13(14(18)19)16-12(17)7-9-10(15)5-4-6-11(9)20-3/h4-6,8,13H,7H2,1-3H3,(H,16,17)(H,18,19). The normalized spacial score (nSPS) is 12.1. The van der Waals surface area contributed by atoms with E-state index in [9.17, 15) is 9.59 Å². The molecular formula is C14H18ClNO4. The summed E-state index contributed by atoms with van der Waals surface area (Å²) in [6, 6.07) is 4.16. The summed E-state index contributed by atoms with van der Waals surface area (Å²) < 4.78 is 5.15. The zero-order valence-corrected chi connectivity index (χ0v) is 12.4. The minimum absolute atomic E-state index is 0.0284. The molecule has 0 saturated heterocycles. The molecule has 1 atom stereocenters. The van der Waals surface area contributed by atoms with E-state index in [2.05, 4.69) is 5.32 Å². The average molecular weight is 300 g/mol. The Morgan fingerprint density at radius 2 is 2.05 bits per heavy atom. The highest BCUT2D eigenvalue weighted by Gasteiger charge is 2.24. The average Bonchev–Trinajstić information content (AvgIpc) is 2.37. The molecule has 0 saturated carbocycles. The number of carbonyl (C=O) groups excluding carboxylic acids is 1. The molecule has 110 valence electrons. The first kappa shape index (κ1) is 16.3. The van der Waals surface area contributed by atoms with Crippen molar-refractivity contribution in [3.63, 3.8) is 0 Å². The number of ether oxygens (including phenoxy) is 1. The van der Waals surface area contributed by atoms with Crippen LogP contribution in [-0.4, -0.2) is 30.1 Å². The lowest BCUT2D eigenvalue weighted by Crippen LogP contribution is -2.44. The van der Waals surface area contributed by atoms with Gasteiger partial charge in [0.25, 0.3) is 0 Å². The van der Waals surface area contributed by atoms with Crippen molar-refractivity contribution in [2.45, 2.75) is 26.3 Å². The molecule has 20 heavy (non-hydrogen) atoms. The number of carboxylic acids is 1. The van der Waals surface area contributed by atoms with Crippen LogP contribution in [0.3, 0.4) is 0 Å². The number of halogens is 1. The van der Waals surface area contributed by atoms with Crippen molar-refractivity contribution < 1.29 is 19.4 Å². The molecule has 1 amide bonds. The van der Waals surface area contributed by atoms with Gasteiger partial charge in [-0.2, -0.15) is 0 Å². The number of carbonyl (C=O) groups is 2. The predicted molar refractivity (Wildman–Crippen MR) is 76.1 cm³/mol. The van der Waals surface area contributed by atoms with E-state index in [1.165, 1.54) is 7.11 Å². The largest absolute Gasteiger partial charge is 0.496 e. The Labute approximate surface area is 122 Å². The van der Waals surface area contributed by atoms with Gasteiger partial charge in [-0.3, -0.25) is 4.79 Å². The number of carboxylic acid groups (broad SMARTS) is 1. The van der Waals surface area contributed by atoms with Crippen LogP contribution in [0.2, 0.25) is 5.02 Å². The molecule has 1 unspecified atom stereocenters. The Hall–Kier alpha value is -1.75. The van der Waals surface area contributed by atoms with E-state index in [0.717, 1.165) is 0 Å². The second kappa shape index (κ2) is 7.14. The molecule has 0 aliphatic heterocycles. The number of rotatable bonds is 6. The molecule has 5 nitrogen and oxygen atoms in total. The number of hydrogen-bond donors (Lipinski definition) is 2. The number of amides is 1. The summed E-state index contributed by atoms with van der Waals surface area (Å²) >= 11 is 6.04. The summed E-state index contributed by atoms with van der Waals surface area (Å²) in [5, 5.41) is 12.0. The molecular weight excluding hydrogens is 282 g/mol. The van der Waals surface area contributed by atoms with Gasteiger partial charge >= 0.3 is 5.97 Å². The molecule has 0 aliphatic rings. The Morgan fingerprint density at radius 1 is 1.40 bits per heavy atom. The van der Waals surface area contributed by atoms with Gasteiger partial charge < -0.3 is 15.2 Å². The number of aliphatic carboxylic acids is 1. The van der Waals surface area contributed by atoms with E-state index in [1.807, 2.05) is 0 Å². The van der Waals surface area contributed by atoms with Crippen LogP contribution in [0.25, 0.3) is 0 Å². The third-order valence-corrected chi connectivity index (χ3v) is 3.24. The fourth-order valence-electron chi connectivity index (χ4n) is 1.80. The molecule has 0 radical (unpaired) electrons. The zero-order chi connectivity index (χ0) is 15.3. The van der Waals surface area contributed by atoms with Crippen LogP contribution in [0.4, 0.5) is 0 Å². The van der Waals surface area contributed by atoms with Gasteiger partial charge in [0.1, 0.15) is 11.8 Å². The van der Waals surface area contributed by atoms with Crippen molar-refractivity contribution in [3.05, 3.63) is 28.8 Å². The van der Waals surface area contributed by atoms with Gasteiger partial charge in [-0.05, 0) is 18.1 Å². The van der Waals surface area contributed by atoms with Crippen LogP contribution in [0, 0.1) is 5.92 Å². The van der Waals surface area contributed by atoms with Gasteiger partial charge in [0, 0.05) is 10.6 Å². The monoisotopic (exact) mass is 299 g/mol. The van der Waals surface area contributed by atoms with Gasteiger partial charge in [-0.15, -0.1) is 0 Å². The van der Waals surface area contributed by atoms with Crippen LogP contribution < -0.4 is 10.1 Å². The van der Waals surface area contributed by atoms with Crippen molar-refractivity contribution in [3.8, 4) is 5.75 Å². The summed E-state index contributed by atoms with van der Waals surface area (Å²) in [6.45, 7) is 3.46. The second-order valence-electron chi connectivity index (χ2n) is 4.72. The summed E-state index contributed by atoms with van der Waals surface area (Å²) in [4.78, 5) is 23.0. The molecule has 2 N–H and O–H groups in total. The third kappa shape index (κ3) is 4.13. The molecule has 6 heteroatoms. The first-order valence-corrected chi connectivity index (χ1v) is 6.58. The molecule has 0 bridgehead atoms. The van der Waals surface area contributed by atoms with Crippen LogP contribution in [0.15, 0.2) is 18.2 Å². The van der Waals surface area contributed by atoms with Crippen LogP contribution in [0.5, 0.6) is 5.75 Å². The molecule has 0 aliphatic carbocycles. The van der Waals surface area contributed by atoms with E-state index >= 15 is 0 Å². The van der Waals surface area contributed by atoms with Crippen molar-refractivity contribution in [2.24, 2.45) is 5.92 Å². The Morgan fingerprint density at radius 3 is 2.55 bits per heavy atom. The van der Waals surface area contributed by atoms with Crippen molar-refractivity contribution in [2.75, 3.05) is 7.11 Å². The van der Waals surface area contributed by atoms with Crippen molar-refractivity contribution in [1.82, 2.24) is 5.32 Å². The third-order valence-electron chi connectivity index (χ3n) is 2.88. The van der Waals surface area contributed by atoms with E-state index in [4.69, 9.17) is 21.4 Å². The van der Waals surface area contributed by atoms with E-state index in [1.54, 1.807) is 32.0 Å².